The van der Waals surface area contributed by atoms with E-state index in [-0.39, 0.29) is 5.82 Å². The molecule has 8 heteroatoms. The lowest BCUT2D eigenvalue weighted by molar-refractivity contribution is -0.136. The molecule has 2 aliphatic rings. The Labute approximate surface area is 145 Å². The lowest BCUT2D eigenvalue weighted by Crippen LogP contribution is -2.45. The zero-order valence-electron chi connectivity index (χ0n) is 13.9. The van der Waals surface area contributed by atoms with Crippen LogP contribution in [0.25, 0.3) is 0 Å². The number of aryl methyl sites for hydroxylation is 1. The first kappa shape index (κ1) is 17.3. The molecule has 2 N–H and O–H groups in total. The van der Waals surface area contributed by atoms with Crippen LogP contribution in [-0.4, -0.2) is 59.1 Å². The fourth-order valence-corrected chi connectivity index (χ4v) is 4.50. The Morgan fingerprint density at radius 2 is 2.12 bits per heavy atom. The van der Waals surface area contributed by atoms with Gasteiger partial charge >= 0.3 is 11.8 Å². The Bertz CT molecular complexity index is 578. The zero-order chi connectivity index (χ0) is 16.9. The van der Waals surface area contributed by atoms with Crippen LogP contribution in [0, 0.1) is 12.8 Å². The lowest BCUT2D eigenvalue weighted by Gasteiger charge is -2.35. The third kappa shape index (κ3) is 4.51. The Kier molecular flexibility index (Phi) is 5.78. The second kappa shape index (κ2) is 8.02. The van der Waals surface area contributed by atoms with Gasteiger partial charge in [0.05, 0.1) is 0 Å². The Morgan fingerprint density at radius 1 is 1.33 bits per heavy atom. The summed E-state index contributed by atoms with van der Waals surface area (Å²) in [4.78, 5) is 26.3. The van der Waals surface area contributed by atoms with Gasteiger partial charge in [0, 0.05) is 24.4 Å². The van der Waals surface area contributed by atoms with Crippen LogP contribution in [0.15, 0.2) is 10.6 Å². The van der Waals surface area contributed by atoms with Crippen LogP contribution < -0.4 is 10.6 Å². The predicted molar refractivity (Wildman–Crippen MR) is 92.9 cm³/mol. The summed E-state index contributed by atoms with van der Waals surface area (Å²) < 4.78 is 4.85. The first-order valence-electron chi connectivity index (χ1n) is 8.46. The van der Waals surface area contributed by atoms with Crippen molar-refractivity contribution in [2.75, 3.05) is 36.5 Å². The second-order valence-corrected chi connectivity index (χ2v) is 7.63. The number of carbonyl (C=O) groups is 2. The summed E-state index contributed by atoms with van der Waals surface area (Å²) >= 11 is 2.04. The number of hydrogen-bond donors (Lipinski definition) is 2. The van der Waals surface area contributed by atoms with E-state index in [1.54, 1.807) is 13.0 Å². The lowest BCUT2D eigenvalue weighted by atomic mass is 9.95. The van der Waals surface area contributed by atoms with E-state index >= 15 is 0 Å². The summed E-state index contributed by atoms with van der Waals surface area (Å²) in [5.74, 6) is 2.49. The Hall–Kier alpha value is -1.54. The average molecular weight is 352 g/mol. The van der Waals surface area contributed by atoms with Crippen LogP contribution in [0.3, 0.4) is 0 Å². The van der Waals surface area contributed by atoms with Crippen molar-refractivity contribution < 1.29 is 14.1 Å². The number of carbonyl (C=O) groups excluding carboxylic acids is 2. The van der Waals surface area contributed by atoms with Crippen molar-refractivity contribution in [2.45, 2.75) is 32.2 Å². The van der Waals surface area contributed by atoms with E-state index < -0.39 is 11.8 Å². The van der Waals surface area contributed by atoms with E-state index in [0.29, 0.717) is 18.2 Å². The number of thioether (sulfide) groups is 1. The van der Waals surface area contributed by atoms with Crippen LogP contribution in [0.5, 0.6) is 0 Å². The van der Waals surface area contributed by atoms with Gasteiger partial charge in [-0.3, -0.25) is 19.8 Å². The highest BCUT2D eigenvalue weighted by atomic mass is 32.2. The molecular weight excluding hydrogens is 328 g/mol. The van der Waals surface area contributed by atoms with Crippen molar-refractivity contribution >= 4 is 29.4 Å². The van der Waals surface area contributed by atoms with Crippen molar-refractivity contribution in [3.05, 3.63) is 11.8 Å². The molecule has 1 atom stereocenters. The number of piperidine rings is 1. The van der Waals surface area contributed by atoms with Gasteiger partial charge in [0.1, 0.15) is 5.76 Å². The van der Waals surface area contributed by atoms with Crippen molar-refractivity contribution in [3.8, 4) is 0 Å². The van der Waals surface area contributed by atoms with Gasteiger partial charge in [0.15, 0.2) is 5.82 Å². The maximum absolute atomic E-state index is 11.9. The fraction of sp³-hybridized carbons (Fsp3) is 0.688. The third-order valence-electron chi connectivity index (χ3n) is 4.70. The highest BCUT2D eigenvalue weighted by Gasteiger charge is 2.27. The molecule has 3 rings (SSSR count). The molecular formula is C16H24N4O3S. The van der Waals surface area contributed by atoms with Gasteiger partial charge in [-0.25, -0.2) is 0 Å². The van der Waals surface area contributed by atoms with Gasteiger partial charge in [-0.05, 0) is 50.9 Å². The Morgan fingerprint density at radius 3 is 2.75 bits per heavy atom. The first-order chi connectivity index (χ1) is 11.6. The van der Waals surface area contributed by atoms with E-state index in [9.17, 15) is 9.59 Å². The molecule has 1 aromatic rings. The minimum Gasteiger partial charge on any atom is -0.360 e. The highest BCUT2D eigenvalue weighted by Crippen LogP contribution is 2.26. The molecule has 0 aromatic carbocycles. The molecule has 3 heterocycles. The van der Waals surface area contributed by atoms with Crippen LogP contribution >= 0.6 is 11.8 Å². The molecule has 1 unspecified atom stereocenters. The van der Waals surface area contributed by atoms with Crippen LogP contribution in [0.4, 0.5) is 5.82 Å². The van der Waals surface area contributed by atoms with E-state index in [1.807, 2.05) is 11.8 Å². The number of rotatable bonds is 4. The van der Waals surface area contributed by atoms with Crippen molar-refractivity contribution in [2.24, 2.45) is 5.92 Å². The van der Waals surface area contributed by atoms with Gasteiger partial charge < -0.3 is 9.84 Å². The van der Waals surface area contributed by atoms with E-state index in [0.717, 1.165) is 32.0 Å². The number of aromatic nitrogens is 1. The second-order valence-electron chi connectivity index (χ2n) is 6.48. The van der Waals surface area contributed by atoms with Crippen LogP contribution in [0.1, 0.15) is 25.0 Å². The molecule has 0 aliphatic carbocycles. The topological polar surface area (TPSA) is 87.5 Å². The smallest absolute Gasteiger partial charge is 0.314 e. The van der Waals surface area contributed by atoms with Gasteiger partial charge in [0.2, 0.25) is 0 Å². The molecule has 24 heavy (non-hydrogen) atoms. The molecule has 0 spiro atoms. The molecule has 2 amide bonds. The standard InChI is InChI=1S/C16H24N4O3S/c1-11-8-14(19-23-11)18-16(22)15(21)17-9-12-2-5-20(6-3-12)13-4-7-24-10-13/h8,12-13H,2-7,9-10H2,1H3,(H,17,21)(H,18,19,22). The molecule has 0 saturated carbocycles. The van der Waals surface area contributed by atoms with Gasteiger partial charge in [-0.15, -0.1) is 0 Å². The van der Waals surface area contributed by atoms with Crippen LogP contribution in [0.2, 0.25) is 0 Å². The fourth-order valence-electron chi connectivity index (χ4n) is 3.25. The minimum atomic E-state index is -0.705. The van der Waals surface area contributed by atoms with E-state index in [2.05, 4.69) is 20.7 Å². The maximum atomic E-state index is 11.9. The third-order valence-corrected chi connectivity index (χ3v) is 5.84. The van der Waals surface area contributed by atoms with Crippen LogP contribution in [-0.2, 0) is 9.59 Å². The highest BCUT2D eigenvalue weighted by molar-refractivity contribution is 7.99. The van der Waals surface area contributed by atoms with Crippen molar-refractivity contribution in [1.29, 1.82) is 0 Å². The molecule has 132 valence electrons. The molecule has 7 nitrogen and oxygen atoms in total. The molecule has 0 bridgehead atoms. The van der Waals surface area contributed by atoms with Gasteiger partial charge in [-0.2, -0.15) is 11.8 Å². The number of anilines is 1. The number of hydrogen-bond acceptors (Lipinski definition) is 6. The zero-order valence-corrected chi connectivity index (χ0v) is 14.7. The monoisotopic (exact) mass is 352 g/mol. The quantitative estimate of drug-likeness (QED) is 0.793. The van der Waals surface area contributed by atoms with Crippen molar-refractivity contribution in [1.82, 2.24) is 15.4 Å². The van der Waals surface area contributed by atoms with Gasteiger partial charge in [0.25, 0.3) is 0 Å². The summed E-state index contributed by atoms with van der Waals surface area (Å²) in [5, 5.41) is 8.80. The van der Waals surface area contributed by atoms with Crippen molar-refractivity contribution in [3.63, 3.8) is 0 Å². The first-order valence-corrected chi connectivity index (χ1v) is 9.61. The predicted octanol–water partition coefficient (Wildman–Crippen LogP) is 1.26. The SMILES string of the molecule is Cc1cc(NC(=O)C(=O)NCC2CCN(C3CCSC3)CC2)no1. The molecule has 2 aliphatic heterocycles. The molecule has 1 aromatic heterocycles. The summed E-state index contributed by atoms with van der Waals surface area (Å²) in [6.07, 6.45) is 3.45. The minimum absolute atomic E-state index is 0.260. The number of likely N-dealkylation sites (tertiary alicyclic amines) is 1. The molecule has 2 saturated heterocycles. The average Bonchev–Trinajstić information content (AvgIpc) is 3.25. The normalized spacial score (nSPS) is 22.5. The summed E-state index contributed by atoms with van der Waals surface area (Å²) in [7, 11) is 0. The maximum Gasteiger partial charge on any atom is 0.314 e. The van der Waals surface area contributed by atoms with Gasteiger partial charge in [-0.1, -0.05) is 5.16 Å². The summed E-state index contributed by atoms with van der Waals surface area (Å²) in [6, 6.07) is 2.31. The van der Waals surface area contributed by atoms with E-state index in [1.165, 1.54) is 17.9 Å². The van der Waals surface area contributed by atoms with E-state index in [4.69, 9.17) is 4.52 Å². The Balaban J connectivity index is 1.36. The number of amides is 2. The number of nitrogens with zero attached hydrogens (tertiary/aromatic N) is 2. The number of nitrogens with one attached hydrogen (secondary N) is 2. The largest absolute Gasteiger partial charge is 0.360 e. The molecule has 0 radical (unpaired) electrons. The summed E-state index contributed by atoms with van der Waals surface area (Å²) in [6.45, 7) is 4.46. The summed E-state index contributed by atoms with van der Waals surface area (Å²) in [5.41, 5.74) is 0. The molecule has 2 fully saturated rings.